The van der Waals surface area contributed by atoms with Gasteiger partial charge in [0.25, 0.3) is 0 Å². The van der Waals surface area contributed by atoms with Gasteiger partial charge in [-0.25, -0.2) is 4.57 Å². The van der Waals surface area contributed by atoms with Crippen molar-refractivity contribution in [2.24, 2.45) is 5.73 Å². The van der Waals surface area contributed by atoms with E-state index in [1.54, 1.807) is 0 Å². The third-order valence-corrected chi connectivity index (χ3v) is 10.1. The molecule has 0 saturated carbocycles. The Morgan fingerprint density at radius 1 is 0.569 bits per heavy atom. The Labute approximate surface area is 313 Å². The van der Waals surface area contributed by atoms with Gasteiger partial charge in [-0.15, -0.1) is 0 Å². The van der Waals surface area contributed by atoms with Gasteiger partial charge in [0.15, 0.2) is 6.10 Å². The summed E-state index contributed by atoms with van der Waals surface area (Å²) in [5.41, 5.74) is 5.34. The van der Waals surface area contributed by atoms with Crippen LogP contribution in [0.4, 0.5) is 0 Å². The quantitative estimate of drug-likeness (QED) is 0.0272. The molecular formula is C41H80NO8P. The smallest absolute Gasteiger partial charge is 0.462 e. The van der Waals surface area contributed by atoms with Gasteiger partial charge in [-0.1, -0.05) is 167 Å². The monoisotopic (exact) mass is 746 g/mol. The molecule has 10 heteroatoms. The topological polar surface area (TPSA) is 134 Å². The van der Waals surface area contributed by atoms with E-state index in [0.717, 1.165) is 44.9 Å². The van der Waals surface area contributed by atoms with Crippen LogP contribution in [0.5, 0.6) is 0 Å². The summed E-state index contributed by atoms with van der Waals surface area (Å²) in [5, 5.41) is 0. The van der Waals surface area contributed by atoms with Crippen LogP contribution in [0.3, 0.4) is 0 Å². The lowest BCUT2D eigenvalue weighted by Crippen LogP contribution is -2.29. The van der Waals surface area contributed by atoms with E-state index in [0.29, 0.717) is 6.42 Å². The predicted molar refractivity (Wildman–Crippen MR) is 211 cm³/mol. The number of unbranched alkanes of at least 4 members (excludes halogenated alkanes) is 25. The highest BCUT2D eigenvalue weighted by molar-refractivity contribution is 7.47. The molecule has 3 N–H and O–H groups in total. The Balaban J connectivity index is 4.14. The lowest BCUT2D eigenvalue weighted by Gasteiger charge is -2.19. The van der Waals surface area contributed by atoms with Crippen molar-refractivity contribution in [3.05, 3.63) is 12.2 Å². The van der Waals surface area contributed by atoms with Gasteiger partial charge < -0.3 is 20.1 Å². The summed E-state index contributed by atoms with van der Waals surface area (Å²) in [4.78, 5) is 34.8. The van der Waals surface area contributed by atoms with E-state index in [1.165, 1.54) is 128 Å². The maximum atomic E-state index is 12.6. The van der Waals surface area contributed by atoms with Crippen molar-refractivity contribution in [1.29, 1.82) is 0 Å². The minimum absolute atomic E-state index is 0.0554. The van der Waals surface area contributed by atoms with E-state index in [2.05, 4.69) is 26.0 Å². The van der Waals surface area contributed by atoms with Gasteiger partial charge in [-0.2, -0.15) is 0 Å². The molecule has 0 aromatic carbocycles. The molecule has 1 unspecified atom stereocenters. The van der Waals surface area contributed by atoms with Crippen molar-refractivity contribution in [1.82, 2.24) is 0 Å². The van der Waals surface area contributed by atoms with E-state index in [1.807, 2.05) is 0 Å². The minimum atomic E-state index is -4.37. The van der Waals surface area contributed by atoms with Crippen LogP contribution in [0.15, 0.2) is 12.2 Å². The molecule has 0 radical (unpaired) electrons. The predicted octanol–water partition coefficient (Wildman–Crippen LogP) is 11.8. The lowest BCUT2D eigenvalue weighted by atomic mass is 10.0. The fraction of sp³-hybridized carbons (Fsp3) is 0.902. The number of hydrogen-bond donors (Lipinski definition) is 2. The van der Waals surface area contributed by atoms with E-state index >= 15 is 0 Å². The normalized spacial score (nSPS) is 13.4. The molecule has 51 heavy (non-hydrogen) atoms. The molecule has 0 rings (SSSR count). The Morgan fingerprint density at radius 3 is 1.39 bits per heavy atom. The number of phosphoric acid groups is 1. The van der Waals surface area contributed by atoms with Gasteiger partial charge >= 0.3 is 19.8 Å². The Hall–Kier alpha value is -1.25. The number of carbonyl (C=O) groups excluding carboxylic acids is 2. The van der Waals surface area contributed by atoms with E-state index in [-0.39, 0.29) is 38.6 Å². The van der Waals surface area contributed by atoms with Crippen LogP contribution in [0.1, 0.15) is 206 Å². The number of hydrogen-bond acceptors (Lipinski definition) is 8. The van der Waals surface area contributed by atoms with Gasteiger partial charge in [0.1, 0.15) is 6.61 Å². The zero-order chi connectivity index (χ0) is 37.5. The maximum absolute atomic E-state index is 12.6. The lowest BCUT2D eigenvalue weighted by molar-refractivity contribution is -0.161. The SMILES string of the molecule is CCCCCCCC/C=C\CCCCCCCCCC(=O)O[C@H](COC(=O)CCCCCCCCCCCCCCC)COP(=O)(O)OCCN. The molecular weight excluding hydrogens is 665 g/mol. The van der Waals surface area contributed by atoms with Gasteiger partial charge in [0.2, 0.25) is 0 Å². The van der Waals surface area contributed by atoms with Crippen LogP contribution in [0, 0.1) is 0 Å². The van der Waals surface area contributed by atoms with Crippen molar-refractivity contribution in [2.75, 3.05) is 26.4 Å². The first kappa shape index (κ1) is 49.8. The first-order valence-corrected chi connectivity index (χ1v) is 22.7. The van der Waals surface area contributed by atoms with Crippen molar-refractivity contribution < 1.29 is 37.6 Å². The van der Waals surface area contributed by atoms with Crippen molar-refractivity contribution >= 4 is 19.8 Å². The van der Waals surface area contributed by atoms with E-state index < -0.39 is 26.5 Å². The number of nitrogens with two attached hydrogens (primary N) is 1. The van der Waals surface area contributed by atoms with Gasteiger partial charge in [0, 0.05) is 19.4 Å². The highest BCUT2D eigenvalue weighted by Crippen LogP contribution is 2.43. The first-order chi connectivity index (χ1) is 24.8. The molecule has 2 atom stereocenters. The average molecular weight is 746 g/mol. The van der Waals surface area contributed by atoms with Crippen molar-refractivity contribution in [2.45, 2.75) is 213 Å². The summed E-state index contributed by atoms with van der Waals surface area (Å²) >= 11 is 0. The van der Waals surface area contributed by atoms with E-state index in [9.17, 15) is 19.0 Å². The third kappa shape index (κ3) is 38.3. The second kappa shape index (κ2) is 38.5. The molecule has 0 spiro atoms. The molecule has 0 fully saturated rings. The molecule has 302 valence electrons. The van der Waals surface area contributed by atoms with Crippen molar-refractivity contribution in [3.8, 4) is 0 Å². The van der Waals surface area contributed by atoms with Gasteiger partial charge in [-0.3, -0.25) is 18.6 Å². The Morgan fingerprint density at radius 2 is 0.961 bits per heavy atom. The molecule has 0 aliphatic carbocycles. The molecule has 0 bridgehead atoms. The van der Waals surface area contributed by atoms with Gasteiger partial charge in [0.05, 0.1) is 13.2 Å². The molecule has 0 saturated heterocycles. The average Bonchev–Trinajstić information content (AvgIpc) is 3.11. The number of allylic oxidation sites excluding steroid dienone is 2. The summed E-state index contributed by atoms with van der Waals surface area (Å²) in [6, 6.07) is 0. The fourth-order valence-corrected chi connectivity index (χ4v) is 6.75. The van der Waals surface area contributed by atoms with Crippen molar-refractivity contribution in [3.63, 3.8) is 0 Å². The summed E-state index contributed by atoms with van der Waals surface area (Å²) in [5.74, 6) is -0.825. The second-order valence-corrected chi connectivity index (χ2v) is 15.7. The van der Waals surface area contributed by atoms with Crippen LogP contribution in [-0.2, 0) is 32.7 Å². The number of rotatable bonds is 40. The fourth-order valence-electron chi connectivity index (χ4n) is 5.98. The molecule has 0 amide bonds. The zero-order valence-corrected chi connectivity index (χ0v) is 34.0. The maximum Gasteiger partial charge on any atom is 0.472 e. The van der Waals surface area contributed by atoms with Crippen LogP contribution in [0.25, 0.3) is 0 Å². The number of phosphoric ester groups is 1. The Bertz CT molecular complexity index is 856. The Kier molecular flexibility index (Phi) is 37.5. The van der Waals surface area contributed by atoms with Crippen LogP contribution in [-0.4, -0.2) is 49.3 Å². The van der Waals surface area contributed by atoms with E-state index in [4.69, 9.17) is 24.3 Å². The summed E-state index contributed by atoms with van der Waals surface area (Å²) < 4.78 is 32.7. The first-order valence-electron chi connectivity index (χ1n) is 21.2. The summed E-state index contributed by atoms with van der Waals surface area (Å²) in [6.07, 6.45) is 38.1. The van der Waals surface area contributed by atoms with Crippen LogP contribution in [0.2, 0.25) is 0 Å². The minimum Gasteiger partial charge on any atom is -0.462 e. The number of ether oxygens (including phenoxy) is 2. The van der Waals surface area contributed by atoms with Crippen LogP contribution < -0.4 is 5.73 Å². The number of carbonyl (C=O) groups is 2. The molecule has 0 aliphatic heterocycles. The van der Waals surface area contributed by atoms with Gasteiger partial charge in [-0.05, 0) is 38.5 Å². The molecule has 0 aromatic heterocycles. The van der Waals surface area contributed by atoms with Crippen LogP contribution >= 0.6 is 7.82 Å². The summed E-state index contributed by atoms with van der Waals surface area (Å²) in [6.45, 7) is 3.74. The highest BCUT2D eigenvalue weighted by atomic mass is 31.2. The molecule has 0 aromatic rings. The standard InChI is InChI=1S/C41H80NO8P/c1-3-5-7-9-11-13-15-17-18-19-20-22-24-26-28-30-32-34-41(44)50-39(38-49-51(45,46)48-36-35-42)37-47-40(43)33-31-29-27-25-23-21-16-14-12-10-8-6-4-2/h17-18,39H,3-16,19-38,42H2,1-2H3,(H,45,46)/b18-17-/t39-/m1/s1. The second-order valence-electron chi connectivity index (χ2n) is 14.2. The third-order valence-electron chi connectivity index (χ3n) is 9.15. The zero-order valence-electron chi connectivity index (χ0n) is 33.1. The molecule has 0 heterocycles. The highest BCUT2D eigenvalue weighted by Gasteiger charge is 2.26. The number of esters is 2. The molecule has 0 aliphatic rings. The largest absolute Gasteiger partial charge is 0.472 e. The molecule has 9 nitrogen and oxygen atoms in total. The summed E-state index contributed by atoms with van der Waals surface area (Å²) in [7, 11) is -4.37.